The Labute approximate surface area is 193 Å². The van der Waals surface area contributed by atoms with Crippen LogP contribution in [0.2, 0.25) is 0 Å². The van der Waals surface area contributed by atoms with Crippen LogP contribution in [0.15, 0.2) is 53.4 Å². The number of hydrogen-bond donors (Lipinski definition) is 1. The van der Waals surface area contributed by atoms with Gasteiger partial charge in [0.2, 0.25) is 15.9 Å². The minimum absolute atomic E-state index is 0.0103. The number of rotatable bonds is 7. The first-order valence-electron chi connectivity index (χ1n) is 11.1. The van der Waals surface area contributed by atoms with Crippen LogP contribution in [-0.4, -0.2) is 44.3 Å². The third-order valence-electron chi connectivity index (χ3n) is 6.33. The van der Waals surface area contributed by atoms with Crippen molar-refractivity contribution in [3.63, 3.8) is 0 Å². The van der Waals surface area contributed by atoms with Crippen molar-refractivity contribution in [2.24, 2.45) is 5.92 Å². The molecule has 1 N–H and O–H groups in total. The number of amides is 1. The summed E-state index contributed by atoms with van der Waals surface area (Å²) in [4.78, 5) is 25.1. The quantitative estimate of drug-likeness (QED) is 0.621. The Bertz CT molecular complexity index is 1130. The lowest BCUT2D eigenvalue weighted by Crippen LogP contribution is -2.43. The van der Waals surface area contributed by atoms with E-state index in [2.05, 4.69) is 5.32 Å². The minimum atomic E-state index is -3.80. The second kappa shape index (κ2) is 9.23. The van der Waals surface area contributed by atoms with Gasteiger partial charge in [-0.3, -0.25) is 9.59 Å². The molecule has 2 fully saturated rings. The van der Waals surface area contributed by atoms with Crippen LogP contribution in [-0.2, 0) is 29.8 Å². The van der Waals surface area contributed by atoms with Crippen LogP contribution in [0.25, 0.3) is 0 Å². The summed E-state index contributed by atoms with van der Waals surface area (Å²) in [6.07, 6.45) is 2.63. The molecule has 1 amide bonds. The number of carbonyl (C=O) groups is 2. The molecule has 176 valence electrons. The number of nitrogens with zero attached hydrogens (tertiary/aromatic N) is 1. The summed E-state index contributed by atoms with van der Waals surface area (Å²) in [5, 5.41) is 2.86. The number of hydrogen-bond acceptors (Lipinski definition) is 5. The van der Waals surface area contributed by atoms with Crippen LogP contribution in [0.5, 0.6) is 0 Å². The van der Waals surface area contributed by atoms with Crippen LogP contribution in [0.4, 0.5) is 10.1 Å². The van der Waals surface area contributed by atoms with E-state index in [0.29, 0.717) is 31.7 Å². The molecule has 4 rings (SSSR count). The molecule has 7 nitrogen and oxygen atoms in total. The van der Waals surface area contributed by atoms with Gasteiger partial charge in [-0.1, -0.05) is 12.1 Å². The Morgan fingerprint density at radius 1 is 1.12 bits per heavy atom. The van der Waals surface area contributed by atoms with Crippen LogP contribution in [0.3, 0.4) is 0 Å². The average Bonchev–Trinajstić information content (AvgIpc) is 3.62. The summed E-state index contributed by atoms with van der Waals surface area (Å²) in [5.41, 5.74) is 0.882. The number of sulfonamides is 1. The van der Waals surface area contributed by atoms with Crippen LogP contribution in [0.1, 0.15) is 38.2 Å². The molecule has 2 aliphatic rings. The Balaban J connectivity index is 1.40. The zero-order valence-electron chi connectivity index (χ0n) is 18.4. The fraction of sp³-hybridized carbons (Fsp3) is 0.417. The largest absolute Gasteiger partial charge is 0.465 e. The van der Waals surface area contributed by atoms with Gasteiger partial charge in [-0.25, -0.2) is 12.8 Å². The van der Waals surface area contributed by atoms with Crippen molar-refractivity contribution in [1.29, 1.82) is 0 Å². The first kappa shape index (κ1) is 23.4. The molecular formula is C24H27FN2O5S. The molecule has 9 heteroatoms. The second-order valence-corrected chi connectivity index (χ2v) is 10.5. The van der Waals surface area contributed by atoms with Gasteiger partial charge in [0.1, 0.15) is 5.82 Å². The Hall–Kier alpha value is -2.78. The highest BCUT2D eigenvalue weighted by atomic mass is 32.2. The molecule has 1 saturated heterocycles. The fourth-order valence-electron chi connectivity index (χ4n) is 4.25. The molecule has 2 aromatic rings. The van der Waals surface area contributed by atoms with Crippen molar-refractivity contribution in [1.82, 2.24) is 4.31 Å². The predicted molar refractivity (Wildman–Crippen MR) is 120 cm³/mol. The molecule has 0 aromatic heterocycles. The highest BCUT2D eigenvalue weighted by Crippen LogP contribution is 2.49. The molecule has 0 radical (unpaired) electrons. The Morgan fingerprint density at radius 2 is 1.79 bits per heavy atom. The third kappa shape index (κ3) is 4.79. The number of esters is 1. The normalized spacial score (nSPS) is 20.1. The molecule has 0 bridgehead atoms. The number of ether oxygens (including phenoxy) is 1. The first-order valence-corrected chi connectivity index (χ1v) is 12.5. The number of benzene rings is 2. The van der Waals surface area contributed by atoms with E-state index in [1.165, 1.54) is 16.4 Å². The summed E-state index contributed by atoms with van der Waals surface area (Å²) in [5.74, 6) is -1.48. The molecular weight excluding hydrogens is 447 g/mol. The van der Waals surface area contributed by atoms with Crippen molar-refractivity contribution in [3.05, 3.63) is 59.9 Å². The molecule has 0 unspecified atom stereocenters. The number of halogens is 1. The molecule has 1 heterocycles. The third-order valence-corrected chi connectivity index (χ3v) is 8.21. The van der Waals surface area contributed by atoms with E-state index in [1.54, 1.807) is 19.1 Å². The lowest BCUT2D eigenvalue weighted by atomic mass is 9.95. The monoisotopic (exact) mass is 474 g/mol. The highest BCUT2D eigenvalue weighted by Gasteiger charge is 2.52. The van der Waals surface area contributed by atoms with Crippen molar-refractivity contribution < 1.29 is 27.1 Å². The van der Waals surface area contributed by atoms with Gasteiger partial charge in [0.05, 0.1) is 22.8 Å². The lowest BCUT2D eigenvalue weighted by Gasteiger charge is -2.31. The average molecular weight is 475 g/mol. The molecule has 1 aliphatic carbocycles. The zero-order chi connectivity index (χ0) is 23.6. The van der Waals surface area contributed by atoms with Crippen molar-refractivity contribution in [3.8, 4) is 0 Å². The molecule has 33 heavy (non-hydrogen) atoms. The van der Waals surface area contributed by atoms with Gasteiger partial charge in [0.25, 0.3) is 0 Å². The summed E-state index contributed by atoms with van der Waals surface area (Å²) in [6, 6.07) is 11.8. The predicted octanol–water partition coefficient (Wildman–Crippen LogP) is 3.46. The fourth-order valence-corrected chi connectivity index (χ4v) is 5.78. The maximum atomic E-state index is 13.2. The molecule has 1 saturated carbocycles. The molecule has 1 aliphatic heterocycles. The van der Waals surface area contributed by atoms with Gasteiger partial charge < -0.3 is 10.1 Å². The van der Waals surface area contributed by atoms with Crippen LogP contribution < -0.4 is 5.32 Å². The zero-order valence-corrected chi connectivity index (χ0v) is 19.2. The second-order valence-electron chi connectivity index (χ2n) is 8.53. The van der Waals surface area contributed by atoms with E-state index >= 15 is 0 Å². The number of piperidine rings is 1. The van der Waals surface area contributed by atoms with Gasteiger partial charge in [-0.05, 0) is 74.6 Å². The van der Waals surface area contributed by atoms with E-state index in [1.807, 2.05) is 12.1 Å². The Morgan fingerprint density at radius 3 is 2.39 bits per heavy atom. The molecule has 0 spiro atoms. The first-order chi connectivity index (χ1) is 15.8. The van der Waals surface area contributed by atoms with Gasteiger partial charge in [0, 0.05) is 18.8 Å². The minimum Gasteiger partial charge on any atom is -0.465 e. The standard InChI is InChI=1S/C24H27FN2O5S/c1-2-32-23(29)24(13-14-24)18-5-9-20(10-6-18)26-22(28)17-4-3-15-27(16-17)33(30,31)21-11-7-19(25)8-12-21/h5-12,17H,2-4,13-16H2,1H3,(H,26,28)/t17-/m1/s1. The van der Waals surface area contributed by atoms with Crippen molar-refractivity contribution in [2.75, 3.05) is 25.0 Å². The van der Waals surface area contributed by atoms with Gasteiger partial charge in [-0.2, -0.15) is 4.31 Å². The summed E-state index contributed by atoms with van der Waals surface area (Å²) in [7, 11) is -3.80. The maximum Gasteiger partial charge on any atom is 0.316 e. The summed E-state index contributed by atoms with van der Waals surface area (Å²) >= 11 is 0. The van der Waals surface area contributed by atoms with Gasteiger partial charge in [-0.15, -0.1) is 0 Å². The molecule has 2 aromatic carbocycles. The van der Waals surface area contributed by atoms with E-state index in [9.17, 15) is 22.4 Å². The van der Waals surface area contributed by atoms with E-state index in [-0.39, 0.29) is 23.3 Å². The van der Waals surface area contributed by atoms with E-state index < -0.39 is 27.2 Å². The number of nitrogens with one attached hydrogen (secondary N) is 1. The number of anilines is 1. The van der Waals surface area contributed by atoms with E-state index in [4.69, 9.17) is 4.74 Å². The highest BCUT2D eigenvalue weighted by molar-refractivity contribution is 7.89. The Kier molecular flexibility index (Phi) is 6.54. The lowest BCUT2D eigenvalue weighted by molar-refractivity contribution is -0.146. The SMILES string of the molecule is CCOC(=O)C1(c2ccc(NC(=O)[C@@H]3CCCN(S(=O)(=O)c4ccc(F)cc4)C3)cc2)CC1. The topological polar surface area (TPSA) is 92.8 Å². The smallest absolute Gasteiger partial charge is 0.316 e. The van der Waals surface area contributed by atoms with Crippen LogP contribution in [0, 0.1) is 11.7 Å². The summed E-state index contributed by atoms with van der Waals surface area (Å²) < 4.78 is 45.4. The maximum absolute atomic E-state index is 13.2. The van der Waals surface area contributed by atoms with Crippen molar-refractivity contribution >= 4 is 27.6 Å². The molecule has 1 atom stereocenters. The van der Waals surface area contributed by atoms with Crippen LogP contribution >= 0.6 is 0 Å². The van der Waals surface area contributed by atoms with E-state index in [0.717, 1.165) is 30.5 Å². The van der Waals surface area contributed by atoms with Gasteiger partial charge >= 0.3 is 5.97 Å². The van der Waals surface area contributed by atoms with Gasteiger partial charge in [0.15, 0.2) is 0 Å². The number of carbonyl (C=O) groups excluding carboxylic acids is 2. The summed E-state index contributed by atoms with van der Waals surface area (Å²) in [6.45, 7) is 2.50. The van der Waals surface area contributed by atoms with Crippen molar-refractivity contribution in [2.45, 2.75) is 42.9 Å².